The topological polar surface area (TPSA) is 55.8 Å². The Hall–Kier alpha value is 0.330. The molecule has 0 heterocycles. The van der Waals surface area contributed by atoms with Gasteiger partial charge in [0.1, 0.15) is 0 Å². The van der Waals surface area contributed by atoms with E-state index in [1.807, 2.05) is 0 Å². The fourth-order valence-corrected chi connectivity index (χ4v) is 1.37. The van der Waals surface area contributed by atoms with Gasteiger partial charge in [0.25, 0.3) is 0 Å². The maximum Gasteiger partial charge on any atom is 0.389 e. The molecule has 12 heavy (non-hydrogen) atoms. The molecule has 0 aromatic carbocycles. The van der Waals surface area contributed by atoms with Gasteiger partial charge in [0.05, 0.1) is 12.0 Å². The largest absolute Gasteiger partial charge is 0.389 e. The summed E-state index contributed by atoms with van der Waals surface area (Å²) < 4.78 is 27.3. The summed E-state index contributed by atoms with van der Waals surface area (Å²) in [6.45, 7) is 3.15. The predicted octanol–water partition coefficient (Wildman–Crippen LogP) is 2.06. The van der Waals surface area contributed by atoms with Crippen LogP contribution in [0.4, 0.5) is 4.39 Å². The van der Waals surface area contributed by atoms with Crippen molar-refractivity contribution in [3.8, 4) is 0 Å². The summed E-state index contributed by atoms with van der Waals surface area (Å²) in [5.41, 5.74) is 0. The highest BCUT2D eigenvalue weighted by Gasteiger charge is 2.33. The first kappa shape index (κ1) is 12.3. The minimum absolute atomic E-state index is 0.409. The summed E-state index contributed by atoms with van der Waals surface area (Å²) in [6, 6.07) is 0. The molecule has 0 amide bonds. The van der Waals surface area contributed by atoms with Gasteiger partial charge >= 0.3 is 7.60 Å². The first-order valence-corrected chi connectivity index (χ1v) is 5.46. The highest BCUT2D eigenvalue weighted by atomic mass is 35.5. The minimum Gasteiger partial charge on any atom is -0.321 e. The third kappa shape index (κ3) is 4.38. The molecule has 74 valence electrons. The lowest BCUT2D eigenvalue weighted by atomic mass is 10.5. The number of hydrogen-bond acceptors (Lipinski definition) is 3. The molecule has 0 fully saturated rings. The molecule has 0 aromatic rings. The van der Waals surface area contributed by atoms with Crippen molar-refractivity contribution in [1.82, 2.24) is 0 Å². The van der Waals surface area contributed by atoms with Crippen molar-refractivity contribution in [3.05, 3.63) is 0 Å². The van der Waals surface area contributed by atoms with E-state index < -0.39 is 25.5 Å². The Morgan fingerprint density at radius 2 is 2.17 bits per heavy atom. The summed E-state index contributed by atoms with van der Waals surface area (Å²) in [5, 5.41) is 0. The molecule has 0 aliphatic rings. The quantitative estimate of drug-likeness (QED) is 0.334. The van der Waals surface area contributed by atoms with E-state index in [1.165, 1.54) is 0 Å². The first-order chi connectivity index (χ1) is 5.40. The number of alkyl halides is 2. The normalized spacial score (nSPS) is 19.2. The Labute approximate surface area is 75.1 Å². The molecule has 1 N–H and O–H groups in total. The first-order valence-electron chi connectivity index (χ1n) is 3.27. The second-order valence-electron chi connectivity index (χ2n) is 2.37. The smallest absolute Gasteiger partial charge is 0.321 e. The van der Waals surface area contributed by atoms with Crippen LogP contribution in [-0.2, 0) is 14.1 Å². The molecule has 0 saturated heterocycles. The molecular formula is C5H11ClFO4P. The van der Waals surface area contributed by atoms with Gasteiger partial charge in [0, 0.05) is 0 Å². The van der Waals surface area contributed by atoms with E-state index >= 15 is 0 Å². The maximum absolute atomic E-state index is 12.5. The van der Waals surface area contributed by atoms with Crippen molar-refractivity contribution in [2.75, 3.05) is 5.88 Å². The highest BCUT2D eigenvalue weighted by Crippen LogP contribution is 2.48. The zero-order chi connectivity index (χ0) is 9.78. The summed E-state index contributed by atoms with van der Waals surface area (Å²) in [7, 11) is -4.36. The average Bonchev–Trinajstić information content (AvgIpc) is 1.99. The molecule has 0 bridgehead atoms. The SMILES string of the molecule is CC(C)OOP(=O)(O)C(F)CCl. The van der Waals surface area contributed by atoms with Gasteiger partial charge in [-0.1, -0.05) is 0 Å². The Bertz CT molecular complexity index is 177. The predicted molar refractivity (Wildman–Crippen MR) is 42.7 cm³/mol. The van der Waals surface area contributed by atoms with E-state index in [4.69, 9.17) is 16.5 Å². The number of halogens is 2. The van der Waals surface area contributed by atoms with Gasteiger partial charge in [0.2, 0.25) is 5.91 Å². The maximum atomic E-state index is 12.5. The van der Waals surface area contributed by atoms with E-state index in [-0.39, 0.29) is 0 Å². The third-order valence-electron chi connectivity index (χ3n) is 0.824. The standard InChI is InChI=1S/C5H11ClFO4P/c1-4(2)10-11-12(8,9)5(7)3-6/h4-5H,3H2,1-2H3,(H,8,9). The van der Waals surface area contributed by atoms with Crippen LogP contribution in [0.2, 0.25) is 0 Å². The second kappa shape index (κ2) is 5.14. The molecule has 0 aliphatic carbocycles. The number of hydrogen-bond donors (Lipinski definition) is 1. The van der Waals surface area contributed by atoms with Crippen LogP contribution in [0.3, 0.4) is 0 Å². The van der Waals surface area contributed by atoms with Gasteiger partial charge in [-0.25, -0.2) is 9.28 Å². The molecule has 0 spiro atoms. The molecule has 0 rings (SSSR count). The lowest BCUT2D eigenvalue weighted by Crippen LogP contribution is -2.09. The molecule has 0 radical (unpaired) electrons. The van der Waals surface area contributed by atoms with Crippen LogP contribution >= 0.6 is 19.2 Å². The van der Waals surface area contributed by atoms with E-state index in [0.717, 1.165) is 0 Å². The summed E-state index contributed by atoms with van der Waals surface area (Å²) >= 11 is 5.01. The van der Waals surface area contributed by atoms with Crippen molar-refractivity contribution in [2.24, 2.45) is 0 Å². The van der Waals surface area contributed by atoms with Crippen molar-refractivity contribution >= 4 is 19.2 Å². The molecule has 2 atom stereocenters. The van der Waals surface area contributed by atoms with E-state index in [2.05, 4.69) is 9.56 Å². The van der Waals surface area contributed by atoms with Crippen LogP contribution in [-0.4, -0.2) is 22.8 Å². The lowest BCUT2D eigenvalue weighted by molar-refractivity contribution is -0.242. The molecule has 0 aliphatic heterocycles. The summed E-state index contributed by atoms with van der Waals surface area (Å²) in [4.78, 5) is 13.1. The molecule has 7 heteroatoms. The lowest BCUT2D eigenvalue weighted by Gasteiger charge is -2.14. The van der Waals surface area contributed by atoms with Gasteiger partial charge in [-0.05, 0) is 13.8 Å². The van der Waals surface area contributed by atoms with E-state index in [1.54, 1.807) is 13.8 Å². The highest BCUT2D eigenvalue weighted by molar-refractivity contribution is 7.53. The van der Waals surface area contributed by atoms with Crippen LogP contribution in [0.25, 0.3) is 0 Å². The van der Waals surface area contributed by atoms with Crippen molar-refractivity contribution in [3.63, 3.8) is 0 Å². The summed E-state index contributed by atoms with van der Waals surface area (Å²) in [6.07, 6.45) is -0.409. The molecular weight excluding hydrogens is 209 g/mol. The monoisotopic (exact) mass is 220 g/mol. The van der Waals surface area contributed by atoms with Gasteiger partial charge in [-0.2, -0.15) is 0 Å². The van der Waals surface area contributed by atoms with Gasteiger partial charge < -0.3 is 4.89 Å². The molecule has 0 aromatic heterocycles. The minimum atomic E-state index is -4.36. The zero-order valence-electron chi connectivity index (χ0n) is 6.74. The van der Waals surface area contributed by atoms with Crippen molar-refractivity contribution < 1.29 is 23.4 Å². The molecule has 0 saturated carbocycles. The van der Waals surface area contributed by atoms with Crippen LogP contribution in [0.5, 0.6) is 0 Å². The average molecular weight is 221 g/mol. The molecule has 2 unspecified atom stereocenters. The van der Waals surface area contributed by atoms with E-state index in [0.29, 0.717) is 0 Å². The Morgan fingerprint density at radius 1 is 1.67 bits per heavy atom. The van der Waals surface area contributed by atoms with Crippen molar-refractivity contribution in [1.29, 1.82) is 0 Å². The Kier molecular flexibility index (Phi) is 5.29. The van der Waals surface area contributed by atoms with Crippen LogP contribution < -0.4 is 0 Å². The van der Waals surface area contributed by atoms with Gasteiger partial charge in [-0.3, -0.25) is 4.57 Å². The molecule has 4 nitrogen and oxygen atoms in total. The van der Waals surface area contributed by atoms with Gasteiger partial charge in [-0.15, -0.1) is 16.3 Å². The fourth-order valence-electron chi connectivity index (χ4n) is 0.282. The zero-order valence-corrected chi connectivity index (χ0v) is 8.39. The van der Waals surface area contributed by atoms with Gasteiger partial charge in [0.15, 0.2) is 0 Å². The second-order valence-corrected chi connectivity index (χ2v) is 4.52. The Balaban J connectivity index is 3.96. The summed E-state index contributed by atoms with van der Waals surface area (Å²) in [5.74, 6) is -2.71. The fraction of sp³-hybridized carbons (Fsp3) is 1.00. The van der Waals surface area contributed by atoms with Crippen LogP contribution in [0.15, 0.2) is 0 Å². The Morgan fingerprint density at radius 3 is 2.50 bits per heavy atom. The van der Waals surface area contributed by atoms with Crippen LogP contribution in [0, 0.1) is 0 Å². The van der Waals surface area contributed by atoms with E-state index in [9.17, 15) is 8.96 Å². The van der Waals surface area contributed by atoms with Crippen LogP contribution in [0.1, 0.15) is 13.8 Å². The number of rotatable bonds is 5. The van der Waals surface area contributed by atoms with Crippen molar-refractivity contribution in [2.45, 2.75) is 25.9 Å². The third-order valence-corrected chi connectivity index (χ3v) is 2.50.